The third-order valence-electron chi connectivity index (χ3n) is 15.2. The molecule has 0 amide bonds. The van der Waals surface area contributed by atoms with Crippen molar-refractivity contribution in [2.75, 3.05) is 4.90 Å². The second-order valence-corrected chi connectivity index (χ2v) is 19.7. The van der Waals surface area contributed by atoms with E-state index in [-0.39, 0.29) is 51.3 Å². The average molecular weight is 1050 g/mol. The van der Waals surface area contributed by atoms with Crippen LogP contribution in [-0.2, 0) is 29.5 Å². The van der Waals surface area contributed by atoms with Gasteiger partial charge in [0.25, 0.3) is 0 Å². The number of allylic oxidation sites excluding steroid dienone is 10. The first-order valence-corrected chi connectivity index (χ1v) is 23.1. The largest absolute Gasteiger partial charge is 0.417 e. The third kappa shape index (κ3) is 8.15. The fraction of sp³-hybridized carbons (Fsp3) is 0.246. The van der Waals surface area contributed by atoms with Crippen LogP contribution in [0.4, 0.5) is 71.5 Å². The molecule has 75 heavy (non-hydrogen) atoms. The Morgan fingerprint density at radius 2 is 1.29 bits per heavy atom. The first-order valence-electron chi connectivity index (χ1n) is 23.1. The number of hydrogen-bond acceptors (Lipinski definition) is 2. The van der Waals surface area contributed by atoms with Gasteiger partial charge < -0.3 is 9.47 Å². The normalized spacial score (nSPS) is 25.0. The van der Waals surface area contributed by atoms with Crippen LogP contribution in [0.3, 0.4) is 0 Å². The van der Waals surface area contributed by atoms with Crippen LogP contribution in [0.2, 0.25) is 0 Å². The zero-order valence-corrected chi connectivity index (χ0v) is 39.3. The molecule has 0 radical (unpaired) electrons. The van der Waals surface area contributed by atoms with Crippen molar-refractivity contribution in [3.8, 4) is 17.2 Å². The molecule has 0 bridgehead atoms. The van der Waals surface area contributed by atoms with Crippen LogP contribution in [0.25, 0.3) is 32.9 Å². The zero-order chi connectivity index (χ0) is 54.2. The lowest BCUT2D eigenvalue weighted by molar-refractivity contribution is -0.205. The highest BCUT2D eigenvalue weighted by Crippen LogP contribution is 2.59. The molecule has 5 aromatic carbocycles. The molecule has 4 aliphatic rings. The van der Waals surface area contributed by atoms with E-state index in [0.29, 0.717) is 47.0 Å². The Morgan fingerprint density at radius 3 is 1.96 bits per heavy atom. The van der Waals surface area contributed by atoms with Gasteiger partial charge in [0, 0.05) is 39.0 Å². The summed E-state index contributed by atoms with van der Waals surface area (Å²) in [5, 5.41) is 11.9. The monoisotopic (exact) mass is 1050 g/mol. The van der Waals surface area contributed by atoms with Crippen LogP contribution < -0.4 is 4.90 Å². The second-order valence-electron chi connectivity index (χ2n) is 19.7. The van der Waals surface area contributed by atoms with E-state index in [0.717, 1.165) is 18.2 Å². The molecule has 10 rings (SSSR count). The van der Waals surface area contributed by atoms with Gasteiger partial charge in [0.05, 0.1) is 62.3 Å². The van der Waals surface area contributed by atoms with Crippen LogP contribution in [0.5, 0.6) is 0 Å². The van der Waals surface area contributed by atoms with Crippen molar-refractivity contribution in [1.29, 1.82) is 5.26 Å². The number of rotatable bonds is 5. The first-order chi connectivity index (χ1) is 34.9. The SMILES string of the molecule is CC12C=CC=CC1N(C1=CC(C#N)=CC(C)(n3c4ccccc4c4ccc(C5C=CC(C(F)(F)F)=CC5(C)C(F)(F)F)cc43)C1c1cccc(C(F)(F)F)c1)c1cc(-c3ccc(C(F)(F)F)cc3C(F)(F)F)ccc12. The fourth-order valence-electron chi connectivity index (χ4n) is 11.6. The number of benzene rings is 5. The summed E-state index contributed by atoms with van der Waals surface area (Å²) in [7, 11) is 0. The van der Waals surface area contributed by atoms with Gasteiger partial charge in [0.1, 0.15) is 0 Å². The lowest BCUT2D eigenvalue weighted by Gasteiger charge is -2.47. The van der Waals surface area contributed by atoms with Crippen molar-refractivity contribution in [2.24, 2.45) is 5.41 Å². The van der Waals surface area contributed by atoms with E-state index in [4.69, 9.17) is 0 Å². The minimum atomic E-state index is -5.28. The van der Waals surface area contributed by atoms with Gasteiger partial charge in [0.2, 0.25) is 0 Å². The number of alkyl halides is 15. The van der Waals surface area contributed by atoms with E-state index in [1.807, 2.05) is 13.0 Å². The first kappa shape index (κ1) is 51.1. The Kier molecular flexibility index (Phi) is 11.4. The topological polar surface area (TPSA) is 32.0 Å². The number of para-hydroxylation sites is 1. The Hall–Kier alpha value is -7.42. The Labute approximate surface area is 418 Å². The molecule has 6 aromatic rings. The summed E-state index contributed by atoms with van der Waals surface area (Å²) < 4.78 is 220. The van der Waals surface area contributed by atoms with Gasteiger partial charge >= 0.3 is 30.9 Å². The van der Waals surface area contributed by atoms with E-state index < -0.39 is 93.0 Å². The van der Waals surface area contributed by atoms with Crippen LogP contribution in [0, 0.1) is 16.7 Å². The number of aromatic nitrogens is 1. The van der Waals surface area contributed by atoms with Crippen molar-refractivity contribution in [3.63, 3.8) is 0 Å². The summed E-state index contributed by atoms with van der Waals surface area (Å²) in [6.45, 7) is 4.08. The predicted molar refractivity (Wildman–Crippen MR) is 253 cm³/mol. The van der Waals surface area contributed by atoms with Crippen LogP contribution in [0.15, 0.2) is 175 Å². The zero-order valence-electron chi connectivity index (χ0n) is 39.3. The Bertz CT molecular complexity index is 3590. The van der Waals surface area contributed by atoms with Crippen LogP contribution in [-0.4, -0.2) is 23.0 Å². The molecule has 3 aliphatic carbocycles. The molecule has 1 aromatic heterocycles. The lowest BCUT2D eigenvalue weighted by atomic mass is 9.69. The minimum absolute atomic E-state index is 0.00214. The van der Waals surface area contributed by atoms with Crippen molar-refractivity contribution in [3.05, 3.63) is 208 Å². The molecule has 2 heterocycles. The highest BCUT2D eigenvalue weighted by Gasteiger charge is 2.57. The van der Waals surface area contributed by atoms with Crippen LogP contribution >= 0.6 is 0 Å². The van der Waals surface area contributed by atoms with Gasteiger partial charge in [0.15, 0.2) is 0 Å². The maximum Gasteiger partial charge on any atom is 0.417 e. The summed E-state index contributed by atoms with van der Waals surface area (Å²) in [4.78, 5) is 1.69. The quantitative estimate of drug-likeness (QED) is 0.161. The van der Waals surface area contributed by atoms with Gasteiger partial charge in [-0.3, -0.25) is 0 Å². The molecule has 1 aliphatic heterocycles. The highest BCUT2D eigenvalue weighted by molar-refractivity contribution is 6.08. The van der Waals surface area contributed by atoms with E-state index in [1.54, 1.807) is 58.9 Å². The number of fused-ring (bicyclic) bond motifs is 6. The van der Waals surface area contributed by atoms with Crippen molar-refractivity contribution >= 4 is 27.5 Å². The number of nitrogens with zero attached hydrogens (tertiary/aromatic N) is 3. The summed E-state index contributed by atoms with van der Waals surface area (Å²) in [6.07, 6.45) is -14.2. The van der Waals surface area contributed by atoms with Crippen molar-refractivity contribution in [1.82, 2.24) is 4.57 Å². The smallest absolute Gasteiger partial charge is 0.336 e. The molecular formula is C57H38F15N3. The number of anilines is 1. The van der Waals surface area contributed by atoms with Gasteiger partial charge in [-0.15, -0.1) is 0 Å². The second kappa shape index (κ2) is 16.8. The number of halogens is 15. The molecule has 0 saturated carbocycles. The van der Waals surface area contributed by atoms with Gasteiger partial charge in [-0.2, -0.15) is 71.1 Å². The summed E-state index contributed by atoms with van der Waals surface area (Å²) in [5.41, 5.74) is -11.2. The van der Waals surface area contributed by atoms with E-state index in [9.17, 15) is 57.9 Å². The predicted octanol–water partition coefficient (Wildman–Crippen LogP) is 17.3. The molecule has 18 heteroatoms. The molecular weight excluding hydrogens is 1010 g/mol. The van der Waals surface area contributed by atoms with E-state index >= 15 is 13.2 Å². The van der Waals surface area contributed by atoms with Crippen molar-refractivity contribution in [2.45, 2.75) is 80.5 Å². The molecule has 0 saturated heterocycles. The van der Waals surface area contributed by atoms with Crippen molar-refractivity contribution < 1.29 is 65.9 Å². The molecule has 386 valence electrons. The highest BCUT2D eigenvalue weighted by atomic mass is 19.4. The molecule has 6 atom stereocenters. The summed E-state index contributed by atoms with van der Waals surface area (Å²) in [6, 6.07) is 22.1. The lowest BCUT2D eigenvalue weighted by Crippen LogP contribution is -2.47. The minimum Gasteiger partial charge on any atom is -0.336 e. The number of hydrogen-bond donors (Lipinski definition) is 0. The number of nitriles is 1. The van der Waals surface area contributed by atoms with Crippen LogP contribution in [0.1, 0.15) is 66.0 Å². The van der Waals surface area contributed by atoms with E-state index in [2.05, 4.69) is 6.07 Å². The maximum absolute atomic E-state index is 15.2. The van der Waals surface area contributed by atoms with Gasteiger partial charge in [-0.25, -0.2) is 0 Å². The molecule has 0 fully saturated rings. The molecule has 3 nitrogen and oxygen atoms in total. The van der Waals surface area contributed by atoms with Gasteiger partial charge in [-0.1, -0.05) is 109 Å². The summed E-state index contributed by atoms with van der Waals surface area (Å²) in [5.74, 6) is -3.07. The average Bonchev–Trinajstić information content (AvgIpc) is 3.81. The Balaban J connectivity index is 1.25. The third-order valence-corrected chi connectivity index (χ3v) is 15.2. The molecule has 6 unspecified atom stereocenters. The molecule has 0 spiro atoms. The standard InChI is InChI=1S/C57H38F15N3/c1-50-22-7-6-13-48(50)74(46-25-32(15-20-42(46)50)38-19-16-36(54(61,62)63)27-43(38)56(67,68)69)47-23-31(30-73)28-52(3,49(47)34-9-8-10-35(24-34)53(58,59)60)75-44-12-5-4-11-39(44)40-18-14-33(26-45(40)75)41-21-17-37(55(64,65)66)29-51(41,2)57(70,71)72/h4-29,41,48-49H,1-3H3. The maximum atomic E-state index is 15.2. The van der Waals surface area contributed by atoms with Gasteiger partial charge in [-0.05, 0) is 97.1 Å². The summed E-state index contributed by atoms with van der Waals surface area (Å²) >= 11 is 0. The Morgan fingerprint density at radius 1 is 0.600 bits per heavy atom. The fourth-order valence-corrected chi connectivity index (χ4v) is 11.6. The molecule has 0 N–H and O–H groups in total. The van der Waals surface area contributed by atoms with E-state index in [1.165, 1.54) is 60.7 Å².